The summed E-state index contributed by atoms with van der Waals surface area (Å²) in [6.07, 6.45) is 6.90. The fraction of sp³-hybridized carbons (Fsp3) is 0.500. The Kier molecular flexibility index (Phi) is 3.37. The average molecular weight is 217 g/mol. The Hall–Kier alpha value is -1.60. The highest BCUT2D eigenvalue weighted by Gasteiger charge is 2.23. The molecule has 84 valence electrons. The highest BCUT2D eigenvalue weighted by molar-refractivity contribution is 5.56. The van der Waals surface area contributed by atoms with Gasteiger partial charge in [-0.1, -0.05) is 12.8 Å². The van der Waals surface area contributed by atoms with Gasteiger partial charge in [0.2, 0.25) is 0 Å². The lowest BCUT2D eigenvalue weighted by Crippen LogP contribution is -2.36. The summed E-state index contributed by atoms with van der Waals surface area (Å²) in [4.78, 5) is 3.99. The molecular formula is C12H15N3O. The second-order valence-corrected chi connectivity index (χ2v) is 4.14. The summed E-state index contributed by atoms with van der Waals surface area (Å²) in [5, 5.41) is 22.0. The molecule has 16 heavy (non-hydrogen) atoms. The molecule has 1 fully saturated rings. The van der Waals surface area contributed by atoms with Crippen LogP contribution in [0.15, 0.2) is 18.5 Å². The molecule has 1 aliphatic rings. The number of nitrogens with zero attached hydrogens (tertiary/aromatic N) is 2. The van der Waals surface area contributed by atoms with Gasteiger partial charge in [-0.15, -0.1) is 0 Å². The third-order valence-electron chi connectivity index (χ3n) is 3.01. The fourth-order valence-electron chi connectivity index (χ4n) is 2.09. The molecular weight excluding hydrogens is 202 g/mol. The van der Waals surface area contributed by atoms with Crippen molar-refractivity contribution in [1.29, 1.82) is 5.26 Å². The monoisotopic (exact) mass is 217 g/mol. The van der Waals surface area contributed by atoms with Crippen molar-refractivity contribution in [1.82, 2.24) is 4.98 Å². The van der Waals surface area contributed by atoms with E-state index in [0.717, 1.165) is 31.4 Å². The molecule has 1 heterocycles. The molecule has 0 aromatic carbocycles. The van der Waals surface area contributed by atoms with Crippen LogP contribution < -0.4 is 5.32 Å². The smallest absolute Gasteiger partial charge is 0.101 e. The molecule has 2 rings (SSSR count). The minimum Gasteiger partial charge on any atom is -0.391 e. The average Bonchev–Trinajstić information content (AvgIpc) is 2.33. The molecule has 1 aromatic rings. The maximum atomic E-state index is 9.83. The topological polar surface area (TPSA) is 68.9 Å². The van der Waals surface area contributed by atoms with Crippen molar-refractivity contribution >= 4 is 5.69 Å². The van der Waals surface area contributed by atoms with Gasteiger partial charge in [-0.3, -0.25) is 4.98 Å². The van der Waals surface area contributed by atoms with Crippen LogP contribution in [0.5, 0.6) is 0 Å². The minimum atomic E-state index is -0.319. The van der Waals surface area contributed by atoms with Gasteiger partial charge in [0.15, 0.2) is 0 Å². The van der Waals surface area contributed by atoms with Crippen molar-refractivity contribution in [2.24, 2.45) is 0 Å². The van der Waals surface area contributed by atoms with E-state index in [9.17, 15) is 5.11 Å². The standard InChI is InChI=1S/C12H15N3O/c13-7-9-5-6-14-8-11(9)15-10-3-1-2-4-12(10)16/h5-6,8,10,12,15-16H,1-4H2. The number of aromatic nitrogens is 1. The van der Waals surface area contributed by atoms with Crippen molar-refractivity contribution in [3.8, 4) is 6.07 Å². The van der Waals surface area contributed by atoms with Gasteiger partial charge in [0, 0.05) is 6.20 Å². The van der Waals surface area contributed by atoms with Gasteiger partial charge in [-0.25, -0.2) is 0 Å². The van der Waals surface area contributed by atoms with E-state index < -0.39 is 0 Å². The molecule has 0 aliphatic heterocycles. The number of aliphatic hydroxyl groups is 1. The first-order valence-electron chi connectivity index (χ1n) is 5.60. The van der Waals surface area contributed by atoms with Crippen LogP contribution in [0.3, 0.4) is 0 Å². The third-order valence-corrected chi connectivity index (χ3v) is 3.01. The second-order valence-electron chi connectivity index (χ2n) is 4.14. The van der Waals surface area contributed by atoms with Crippen LogP contribution >= 0.6 is 0 Å². The van der Waals surface area contributed by atoms with Gasteiger partial charge >= 0.3 is 0 Å². The molecule has 1 aliphatic carbocycles. The second kappa shape index (κ2) is 4.95. The summed E-state index contributed by atoms with van der Waals surface area (Å²) < 4.78 is 0. The van der Waals surface area contributed by atoms with Crippen LogP contribution in [-0.4, -0.2) is 22.2 Å². The fourth-order valence-corrected chi connectivity index (χ4v) is 2.09. The Balaban J connectivity index is 2.11. The first-order valence-corrected chi connectivity index (χ1v) is 5.60. The molecule has 0 spiro atoms. The van der Waals surface area contributed by atoms with Gasteiger partial charge in [-0.05, 0) is 18.9 Å². The van der Waals surface area contributed by atoms with E-state index in [-0.39, 0.29) is 12.1 Å². The highest BCUT2D eigenvalue weighted by Crippen LogP contribution is 2.23. The normalized spacial score (nSPS) is 24.8. The van der Waals surface area contributed by atoms with Crippen molar-refractivity contribution < 1.29 is 5.11 Å². The van der Waals surface area contributed by atoms with Crippen molar-refractivity contribution in [3.05, 3.63) is 24.0 Å². The van der Waals surface area contributed by atoms with E-state index in [1.165, 1.54) is 0 Å². The third kappa shape index (κ3) is 2.31. The van der Waals surface area contributed by atoms with Gasteiger partial charge in [-0.2, -0.15) is 5.26 Å². The number of anilines is 1. The molecule has 0 saturated heterocycles. The summed E-state index contributed by atoms with van der Waals surface area (Å²) in [5.74, 6) is 0. The Bertz CT molecular complexity index is 399. The first-order chi connectivity index (χ1) is 7.81. The van der Waals surface area contributed by atoms with Crippen LogP contribution in [0.4, 0.5) is 5.69 Å². The Morgan fingerprint density at radius 1 is 1.44 bits per heavy atom. The molecule has 4 heteroatoms. The van der Waals surface area contributed by atoms with E-state index in [1.807, 2.05) is 0 Å². The van der Waals surface area contributed by atoms with E-state index in [1.54, 1.807) is 18.5 Å². The number of rotatable bonds is 2. The summed E-state index contributed by atoms with van der Waals surface area (Å²) in [6.45, 7) is 0. The first kappa shape index (κ1) is 10.9. The summed E-state index contributed by atoms with van der Waals surface area (Å²) in [7, 11) is 0. The minimum absolute atomic E-state index is 0.0463. The van der Waals surface area contributed by atoms with Crippen molar-refractivity contribution in [2.45, 2.75) is 37.8 Å². The zero-order valence-electron chi connectivity index (χ0n) is 9.06. The number of hydrogen-bond donors (Lipinski definition) is 2. The zero-order chi connectivity index (χ0) is 11.4. The quantitative estimate of drug-likeness (QED) is 0.790. The highest BCUT2D eigenvalue weighted by atomic mass is 16.3. The van der Waals surface area contributed by atoms with Gasteiger partial charge in [0.25, 0.3) is 0 Å². The maximum Gasteiger partial charge on any atom is 0.101 e. The van der Waals surface area contributed by atoms with Gasteiger partial charge < -0.3 is 10.4 Å². The van der Waals surface area contributed by atoms with Crippen LogP contribution in [0.1, 0.15) is 31.2 Å². The Labute approximate surface area is 94.9 Å². The maximum absolute atomic E-state index is 9.83. The SMILES string of the molecule is N#Cc1ccncc1NC1CCCCC1O. The van der Waals surface area contributed by atoms with E-state index >= 15 is 0 Å². The predicted octanol–water partition coefficient (Wildman–Crippen LogP) is 1.67. The lowest BCUT2D eigenvalue weighted by Gasteiger charge is -2.29. The Morgan fingerprint density at radius 2 is 2.25 bits per heavy atom. The Morgan fingerprint density at radius 3 is 3.00 bits per heavy atom. The summed E-state index contributed by atoms with van der Waals surface area (Å²) >= 11 is 0. The van der Waals surface area contributed by atoms with Crippen LogP contribution in [0, 0.1) is 11.3 Å². The number of hydrogen-bond acceptors (Lipinski definition) is 4. The molecule has 1 aromatic heterocycles. The van der Waals surface area contributed by atoms with Gasteiger partial charge in [0.1, 0.15) is 6.07 Å². The molecule has 0 radical (unpaired) electrons. The number of nitrogens with one attached hydrogen (secondary N) is 1. The van der Waals surface area contributed by atoms with Crippen LogP contribution in [0.25, 0.3) is 0 Å². The molecule has 0 bridgehead atoms. The van der Waals surface area contributed by atoms with E-state index in [0.29, 0.717) is 5.56 Å². The molecule has 2 atom stereocenters. The number of pyridine rings is 1. The van der Waals surface area contributed by atoms with E-state index in [2.05, 4.69) is 16.4 Å². The van der Waals surface area contributed by atoms with Crippen molar-refractivity contribution in [3.63, 3.8) is 0 Å². The molecule has 2 unspecified atom stereocenters. The molecule has 2 N–H and O–H groups in total. The van der Waals surface area contributed by atoms with Crippen molar-refractivity contribution in [2.75, 3.05) is 5.32 Å². The van der Waals surface area contributed by atoms with Gasteiger partial charge in [0.05, 0.1) is 29.6 Å². The number of aliphatic hydroxyl groups excluding tert-OH is 1. The lowest BCUT2D eigenvalue weighted by atomic mass is 9.92. The lowest BCUT2D eigenvalue weighted by molar-refractivity contribution is 0.116. The van der Waals surface area contributed by atoms with E-state index in [4.69, 9.17) is 5.26 Å². The largest absolute Gasteiger partial charge is 0.391 e. The summed E-state index contributed by atoms with van der Waals surface area (Å²) in [5.41, 5.74) is 1.30. The van der Waals surface area contributed by atoms with Crippen LogP contribution in [0.2, 0.25) is 0 Å². The predicted molar refractivity (Wildman–Crippen MR) is 60.8 cm³/mol. The summed E-state index contributed by atoms with van der Waals surface area (Å²) in [6, 6.07) is 3.84. The molecule has 0 amide bonds. The zero-order valence-corrected chi connectivity index (χ0v) is 9.06. The molecule has 1 saturated carbocycles. The number of nitriles is 1. The van der Waals surface area contributed by atoms with Crippen LogP contribution in [-0.2, 0) is 0 Å². The molecule has 4 nitrogen and oxygen atoms in total.